The van der Waals surface area contributed by atoms with Gasteiger partial charge in [0.15, 0.2) is 0 Å². The summed E-state index contributed by atoms with van der Waals surface area (Å²) in [4.78, 5) is 11.9. The molecule has 3 N–H and O–H groups in total. The predicted molar refractivity (Wildman–Crippen MR) is 87.1 cm³/mol. The summed E-state index contributed by atoms with van der Waals surface area (Å²) < 4.78 is 32.0. The lowest BCUT2D eigenvalue weighted by atomic mass is 10.1. The number of carbonyl (C=O) groups excluding carboxylic acids is 1. The van der Waals surface area contributed by atoms with Gasteiger partial charge in [-0.3, -0.25) is 4.79 Å². The molecule has 0 aromatic heterocycles. The molecule has 2 aromatic carbocycles. The number of esters is 1. The van der Waals surface area contributed by atoms with E-state index in [0.717, 1.165) is 5.56 Å². The van der Waals surface area contributed by atoms with Crippen molar-refractivity contribution in [2.45, 2.75) is 17.4 Å². The number of hydrogen-bond acceptors (Lipinski definition) is 5. The van der Waals surface area contributed by atoms with Crippen LogP contribution in [0.15, 0.2) is 59.5 Å². The second-order valence-corrected chi connectivity index (χ2v) is 6.61. The van der Waals surface area contributed by atoms with Crippen LogP contribution in [0.25, 0.3) is 0 Å². The molecule has 0 spiro atoms. The quantitative estimate of drug-likeness (QED) is 0.613. The van der Waals surface area contributed by atoms with Crippen LogP contribution in [0.2, 0.25) is 0 Å². The van der Waals surface area contributed by atoms with Gasteiger partial charge in [0.05, 0.1) is 12.8 Å². The molecule has 7 heteroatoms. The van der Waals surface area contributed by atoms with Gasteiger partial charge < -0.3 is 10.5 Å². The molecule has 23 heavy (non-hydrogen) atoms. The van der Waals surface area contributed by atoms with Crippen LogP contribution >= 0.6 is 0 Å². The van der Waals surface area contributed by atoms with Gasteiger partial charge in [0.2, 0.25) is 10.0 Å². The number of sulfonamides is 1. The third-order valence-corrected chi connectivity index (χ3v) is 4.82. The Labute approximate surface area is 135 Å². The van der Waals surface area contributed by atoms with E-state index in [0.29, 0.717) is 0 Å². The first-order valence-electron chi connectivity index (χ1n) is 6.92. The van der Waals surface area contributed by atoms with Crippen LogP contribution in [0, 0.1) is 0 Å². The minimum atomic E-state index is -3.94. The minimum absolute atomic E-state index is 0.0676. The fourth-order valence-corrected chi connectivity index (χ4v) is 3.46. The molecule has 0 aliphatic carbocycles. The first-order valence-corrected chi connectivity index (χ1v) is 8.41. The van der Waals surface area contributed by atoms with Crippen LogP contribution < -0.4 is 10.5 Å². The zero-order chi connectivity index (χ0) is 16.9. The molecule has 1 unspecified atom stereocenters. The zero-order valence-corrected chi connectivity index (χ0v) is 13.4. The first kappa shape index (κ1) is 17.0. The second-order valence-electron chi connectivity index (χ2n) is 4.92. The van der Waals surface area contributed by atoms with Crippen molar-refractivity contribution >= 4 is 21.7 Å². The molecule has 122 valence electrons. The Hall–Kier alpha value is -2.38. The molecular weight excluding hydrogens is 316 g/mol. The van der Waals surface area contributed by atoms with Gasteiger partial charge in [0.25, 0.3) is 0 Å². The highest BCUT2D eigenvalue weighted by Gasteiger charge is 2.27. The van der Waals surface area contributed by atoms with Gasteiger partial charge in [0.1, 0.15) is 10.9 Å². The molecule has 2 rings (SSSR count). The van der Waals surface area contributed by atoms with Gasteiger partial charge in [-0.25, -0.2) is 8.42 Å². The van der Waals surface area contributed by atoms with Crippen molar-refractivity contribution in [3.8, 4) is 0 Å². The van der Waals surface area contributed by atoms with E-state index in [-0.39, 0.29) is 17.0 Å². The van der Waals surface area contributed by atoms with Crippen LogP contribution in [-0.4, -0.2) is 27.5 Å². The Morgan fingerprint density at radius 1 is 1.13 bits per heavy atom. The molecule has 0 aliphatic heterocycles. The molecule has 2 aromatic rings. The number of nitrogens with two attached hydrogens (primary N) is 1. The molecule has 0 amide bonds. The van der Waals surface area contributed by atoms with Crippen LogP contribution in [-0.2, 0) is 26.0 Å². The molecular formula is C16H18N2O4S. The number of nitrogens with one attached hydrogen (secondary N) is 1. The van der Waals surface area contributed by atoms with Crippen molar-refractivity contribution in [1.82, 2.24) is 4.72 Å². The lowest BCUT2D eigenvalue weighted by Crippen LogP contribution is -2.43. The van der Waals surface area contributed by atoms with E-state index >= 15 is 0 Å². The van der Waals surface area contributed by atoms with E-state index < -0.39 is 22.0 Å². The Balaban J connectivity index is 2.27. The number of ether oxygens (including phenoxy) is 1. The largest absolute Gasteiger partial charge is 0.468 e. The zero-order valence-electron chi connectivity index (χ0n) is 12.6. The second kappa shape index (κ2) is 7.26. The van der Waals surface area contributed by atoms with Crippen LogP contribution in [0.3, 0.4) is 0 Å². The van der Waals surface area contributed by atoms with Crippen molar-refractivity contribution in [3.63, 3.8) is 0 Å². The van der Waals surface area contributed by atoms with E-state index in [1.165, 1.54) is 19.2 Å². The summed E-state index contributed by atoms with van der Waals surface area (Å²) in [5, 5.41) is 0. The van der Waals surface area contributed by atoms with E-state index in [2.05, 4.69) is 4.72 Å². The van der Waals surface area contributed by atoms with E-state index in [9.17, 15) is 13.2 Å². The standard InChI is InChI=1S/C16H18N2O4S/c1-22-16(19)14(11-12-7-3-2-4-8-12)18-23(20,21)15-10-6-5-9-13(15)17/h2-10,14,18H,11,17H2,1H3. The number of hydrogen-bond donors (Lipinski definition) is 2. The summed E-state index contributed by atoms with van der Waals surface area (Å²) in [6.07, 6.45) is 0.180. The maximum Gasteiger partial charge on any atom is 0.324 e. The fraction of sp³-hybridized carbons (Fsp3) is 0.188. The van der Waals surface area contributed by atoms with Crippen LogP contribution in [0.4, 0.5) is 5.69 Å². The SMILES string of the molecule is COC(=O)C(Cc1ccccc1)NS(=O)(=O)c1ccccc1N. The first-order chi connectivity index (χ1) is 10.9. The van der Waals surface area contributed by atoms with E-state index in [1.807, 2.05) is 18.2 Å². The topological polar surface area (TPSA) is 98.5 Å². The molecule has 0 radical (unpaired) electrons. The summed E-state index contributed by atoms with van der Waals surface area (Å²) in [5.74, 6) is -0.660. The number of benzene rings is 2. The van der Waals surface area contributed by atoms with E-state index in [4.69, 9.17) is 10.5 Å². The van der Waals surface area contributed by atoms with E-state index in [1.54, 1.807) is 24.3 Å². The monoisotopic (exact) mass is 334 g/mol. The lowest BCUT2D eigenvalue weighted by Gasteiger charge is -2.17. The predicted octanol–water partition coefficient (Wildman–Crippen LogP) is 1.33. The highest BCUT2D eigenvalue weighted by atomic mass is 32.2. The number of para-hydroxylation sites is 1. The summed E-state index contributed by atoms with van der Waals surface area (Å²) in [7, 11) is -2.73. The summed E-state index contributed by atoms with van der Waals surface area (Å²) in [6.45, 7) is 0. The van der Waals surface area contributed by atoms with Crippen LogP contribution in [0.5, 0.6) is 0 Å². The van der Waals surface area contributed by atoms with Crippen molar-refractivity contribution in [2.75, 3.05) is 12.8 Å². The van der Waals surface area contributed by atoms with Crippen LogP contribution in [0.1, 0.15) is 5.56 Å². The summed E-state index contributed by atoms with van der Waals surface area (Å²) in [6, 6.07) is 14.1. The number of carbonyl (C=O) groups is 1. The smallest absolute Gasteiger partial charge is 0.324 e. The molecule has 0 bridgehead atoms. The molecule has 0 heterocycles. The Morgan fingerprint density at radius 3 is 2.35 bits per heavy atom. The number of methoxy groups -OCH3 is 1. The van der Waals surface area contributed by atoms with Gasteiger partial charge in [-0.1, -0.05) is 42.5 Å². The number of nitrogen functional groups attached to an aromatic ring is 1. The Morgan fingerprint density at radius 2 is 1.74 bits per heavy atom. The maximum absolute atomic E-state index is 12.5. The summed E-state index contributed by atoms with van der Waals surface area (Å²) in [5.41, 5.74) is 6.63. The van der Waals surface area contributed by atoms with Gasteiger partial charge in [-0.05, 0) is 24.1 Å². The fourth-order valence-electron chi connectivity index (χ4n) is 2.14. The normalized spacial score (nSPS) is 12.6. The Kier molecular flexibility index (Phi) is 5.36. The molecule has 6 nitrogen and oxygen atoms in total. The lowest BCUT2D eigenvalue weighted by molar-refractivity contribution is -0.142. The minimum Gasteiger partial charge on any atom is -0.468 e. The maximum atomic E-state index is 12.5. The van der Waals surface area contributed by atoms with Gasteiger partial charge in [0, 0.05) is 0 Å². The van der Waals surface area contributed by atoms with Gasteiger partial charge in [-0.15, -0.1) is 0 Å². The van der Waals surface area contributed by atoms with Gasteiger partial charge >= 0.3 is 5.97 Å². The number of rotatable bonds is 6. The third-order valence-electron chi connectivity index (χ3n) is 3.27. The average molecular weight is 334 g/mol. The van der Waals surface area contributed by atoms with Crippen molar-refractivity contribution in [2.24, 2.45) is 0 Å². The third kappa shape index (κ3) is 4.30. The van der Waals surface area contributed by atoms with Gasteiger partial charge in [-0.2, -0.15) is 4.72 Å². The molecule has 0 saturated heterocycles. The molecule has 0 aliphatic rings. The molecule has 0 saturated carbocycles. The van der Waals surface area contributed by atoms with Crippen molar-refractivity contribution in [3.05, 3.63) is 60.2 Å². The van der Waals surface area contributed by atoms with Crippen molar-refractivity contribution < 1.29 is 17.9 Å². The number of anilines is 1. The highest BCUT2D eigenvalue weighted by molar-refractivity contribution is 7.89. The highest BCUT2D eigenvalue weighted by Crippen LogP contribution is 2.18. The Bertz CT molecular complexity index is 776. The summed E-state index contributed by atoms with van der Waals surface area (Å²) >= 11 is 0. The average Bonchev–Trinajstić information content (AvgIpc) is 2.54. The molecule has 0 fully saturated rings. The molecule has 1 atom stereocenters. The van der Waals surface area contributed by atoms with Crippen molar-refractivity contribution in [1.29, 1.82) is 0 Å².